The second-order valence-corrected chi connectivity index (χ2v) is 10.7. The Morgan fingerprint density at radius 1 is 0.949 bits per heavy atom. The average molecular weight is 540 g/mol. The lowest BCUT2D eigenvalue weighted by Crippen LogP contribution is -2.48. The predicted octanol–water partition coefficient (Wildman–Crippen LogP) is 4.77. The van der Waals surface area contributed by atoms with Crippen LogP contribution in [0.1, 0.15) is 23.6 Å². The summed E-state index contributed by atoms with van der Waals surface area (Å²) >= 11 is 6.42. The number of halogens is 1. The number of piperazine rings is 1. The standard InChI is InChI=1S/C31H30ClN5O2/c1-35-14-16-36(17-15-35)20-28(38)37-27(21-8-4-2-5-9-21)19-26(34-37)30-29(22-10-6-3-7-11-22)24-18-23(32)12-13-25(24)33-31(30)39/h2-13,18,27H,14-17,19-20H2,1H3,(H,33,39)/t27-/m0/s1. The summed E-state index contributed by atoms with van der Waals surface area (Å²) in [5.74, 6) is -0.0649. The summed E-state index contributed by atoms with van der Waals surface area (Å²) in [5.41, 5.74) is 4.20. The lowest BCUT2D eigenvalue weighted by Gasteiger charge is -2.33. The topological polar surface area (TPSA) is 72.0 Å². The zero-order chi connectivity index (χ0) is 26.9. The highest BCUT2D eigenvalue weighted by atomic mass is 35.5. The van der Waals surface area contributed by atoms with E-state index < -0.39 is 0 Å². The summed E-state index contributed by atoms with van der Waals surface area (Å²) in [7, 11) is 2.10. The molecule has 8 heteroatoms. The van der Waals surface area contributed by atoms with Gasteiger partial charge in [-0.2, -0.15) is 5.10 Å². The van der Waals surface area contributed by atoms with Gasteiger partial charge in [0.05, 0.1) is 23.9 Å². The van der Waals surface area contributed by atoms with Gasteiger partial charge in [-0.15, -0.1) is 0 Å². The third-order valence-corrected chi connectivity index (χ3v) is 7.87. The monoisotopic (exact) mass is 539 g/mol. The van der Waals surface area contributed by atoms with Gasteiger partial charge in [-0.25, -0.2) is 5.01 Å². The molecule has 7 nitrogen and oxygen atoms in total. The number of likely N-dealkylation sites (N-methyl/N-ethyl adjacent to an activating group) is 1. The highest BCUT2D eigenvalue weighted by Gasteiger charge is 2.36. The minimum atomic E-state index is -0.292. The van der Waals surface area contributed by atoms with Crippen LogP contribution in [0, 0.1) is 0 Å². The van der Waals surface area contributed by atoms with E-state index in [1.54, 1.807) is 11.1 Å². The molecule has 39 heavy (non-hydrogen) atoms. The maximum atomic E-state index is 13.7. The van der Waals surface area contributed by atoms with E-state index in [0.717, 1.165) is 48.3 Å². The minimum absolute atomic E-state index is 0.0649. The molecule has 0 radical (unpaired) electrons. The molecule has 1 N–H and O–H groups in total. The zero-order valence-corrected chi connectivity index (χ0v) is 22.6. The number of aromatic nitrogens is 1. The Hall–Kier alpha value is -3.78. The van der Waals surface area contributed by atoms with Crippen LogP contribution in [0.4, 0.5) is 0 Å². The first-order valence-corrected chi connectivity index (χ1v) is 13.6. The smallest absolute Gasteiger partial charge is 0.258 e. The molecule has 1 fully saturated rings. The van der Waals surface area contributed by atoms with Crippen molar-refractivity contribution in [2.45, 2.75) is 12.5 Å². The number of rotatable bonds is 5. The van der Waals surface area contributed by atoms with E-state index in [0.29, 0.717) is 34.8 Å². The van der Waals surface area contributed by atoms with Crippen LogP contribution in [0.5, 0.6) is 0 Å². The summed E-state index contributed by atoms with van der Waals surface area (Å²) < 4.78 is 0. The Labute approximate surface area is 232 Å². The molecule has 0 unspecified atom stereocenters. The fourth-order valence-corrected chi connectivity index (χ4v) is 5.71. The molecule has 198 valence electrons. The van der Waals surface area contributed by atoms with Gasteiger partial charge in [-0.1, -0.05) is 72.3 Å². The molecular formula is C31H30ClN5O2. The average Bonchev–Trinajstić information content (AvgIpc) is 3.40. The highest BCUT2D eigenvalue weighted by Crippen LogP contribution is 2.37. The van der Waals surface area contributed by atoms with Gasteiger partial charge in [-0.05, 0) is 36.4 Å². The molecule has 1 saturated heterocycles. The summed E-state index contributed by atoms with van der Waals surface area (Å²) in [4.78, 5) is 34.9. The Morgan fingerprint density at radius 2 is 1.64 bits per heavy atom. The van der Waals surface area contributed by atoms with E-state index in [1.807, 2.05) is 72.8 Å². The number of hydrogen-bond acceptors (Lipinski definition) is 5. The first-order valence-electron chi connectivity index (χ1n) is 13.2. The number of nitrogens with zero attached hydrogens (tertiary/aromatic N) is 4. The van der Waals surface area contributed by atoms with E-state index in [1.165, 1.54) is 0 Å². The van der Waals surface area contributed by atoms with Crippen LogP contribution < -0.4 is 5.56 Å². The number of amides is 1. The fourth-order valence-electron chi connectivity index (χ4n) is 5.54. The third-order valence-electron chi connectivity index (χ3n) is 7.63. The van der Waals surface area contributed by atoms with Gasteiger partial charge in [0.15, 0.2) is 0 Å². The molecule has 0 bridgehead atoms. The number of aromatic amines is 1. The number of benzene rings is 3. The lowest BCUT2D eigenvalue weighted by atomic mass is 9.91. The molecule has 4 aromatic rings. The van der Waals surface area contributed by atoms with E-state index >= 15 is 0 Å². The number of carbonyl (C=O) groups is 1. The maximum Gasteiger partial charge on any atom is 0.258 e. The number of nitrogens with one attached hydrogen (secondary N) is 1. The molecule has 1 amide bonds. The van der Waals surface area contributed by atoms with Crippen molar-refractivity contribution in [3.63, 3.8) is 0 Å². The predicted molar refractivity (Wildman–Crippen MR) is 156 cm³/mol. The van der Waals surface area contributed by atoms with E-state index in [-0.39, 0.29) is 17.5 Å². The van der Waals surface area contributed by atoms with Gasteiger partial charge < -0.3 is 9.88 Å². The van der Waals surface area contributed by atoms with Crippen LogP contribution >= 0.6 is 11.6 Å². The number of carbonyl (C=O) groups excluding carboxylic acids is 1. The first kappa shape index (κ1) is 25.5. The second kappa shape index (κ2) is 10.8. The van der Waals surface area contributed by atoms with Gasteiger partial charge in [-0.3, -0.25) is 14.5 Å². The molecule has 2 aliphatic heterocycles. The second-order valence-electron chi connectivity index (χ2n) is 10.3. The molecule has 0 saturated carbocycles. The summed E-state index contributed by atoms with van der Waals surface area (Å²) in [6, 6.07) is 24.9. The maximum absolute atomic E-state index is 13.7. The molecule has 1 aromatic heterocycles. The Morgan fingerprint density at radius 3 is 2.36 bits per heavy atom. The molecular weight excluding hydrogens is 510 g/mol. The number of pyridine rings is 1. The van der Waals surface area contributed by atoms with Gasteiger partial charge in [0.2, 0.25) is 0 Å². The van der Waals surface area contributed by atoms with Crippen molar-refractivity contribution < 1.29 is 4.79 Å². The highest BCUT2D eigenvalue weighted by molar-refractivity contribution is 6.31. The van der Waals surface area contributed by atoms with Crippen LogP contribution in [0.2, 0.25) is 5.02 Å². The van der Waals surface area contributed by atoms with Crippen molar-refractivity contribution in [3.8, 4) is 11.1 Å². The van der Waals surface area contributed by atoms with Gasteiger partial charge in [0.25, 0.3) is 11.5 Å². The first-order chi connectivity index (χ1) is 19.0. The Balaban J connectivity index is 1.46. The minimum Gasteiger partial charge on any atom is -0.321 e. The number of hydrazone groups is 1. The van der Waals surface area contributed by atoms with E-state index in [2.05, 4.69) is 21.8 Å². The Bertz CT molecular complexity index is 1590. The molecule has 1 atom stereocenters. The molecule has 2 aliphatic rings. The van der Waals surface area contributed by atoms with Crippen molar-refractivity contribution in [3.05, 3.63) is 105 Å². The number of fused-ring (bicyclic) bond motifs is 1. The van der Waals surface area contributed by atoms with Crippen molar-refractivity contribution in [2.24, 2.45) is 5.10 Å². The fraction of sp³-hybridized carbons (Fsp3) is 0.258. The van der Waals surface area contributed by atoms with E-state index in [4.69, 9.17) is 16.7 Å². The van der Waals surface area contributed by atoms with Crippen molar-refractivity contribution >= 4 is 34.1 Å². The van der Waals surface area contributed by atoms with Crippen LogP contribution in [-0.4, -0.2) is 71.2 Å². The number of hydrogen-bond donors (Lipinski definition) is 1. The summed E-state index contributed by atoms with van der Waals surface area (Å²) in [5, 5.41) is 7.90. The quantitative estimate of drug-likeness (QED) is 0.396. The summed E-state index contributed by atoms with van der Waals surface area (Å²) in [6.45, 7) is 3.83. The van der Waals surface area contributed by atoms with Crippen molar-refractivity contribution in [1.29, 1.82) is 0 Å². The van der Waals surface area contributed by atoms with Gasteiger partial charge in [0.1, 0.15) is 0 Å². The molecule has 3 aromatic carbocycles. The third kappa shape index (κ3) is 5.13. The number of H-pyrrole nitrogens is 1. The van der Waals surface area contributed by atoms with Crippen molar-refractivity contribution in [1.82, 2.24) is 19.8 Å². The summed E-state index contributed by atoms with van der Waals surface area (Å²) in [6.07, 6.45) is 0.438. The zero-order valence-electron chi connectivity index (χ0n) is 21.8. The van der Waals surface area contributed by atoms with Crippen LogP contribution in [0.25, 0.3) is 22.0 Å². The molecule has 3 heterocycles. The van der Waals surface area contributed by atoms with Crippen LogP contribution in [0.3, 0.4) is 0 Å². The van der Waals surface area contributed by atoms with E-state index in [9.17, 15) is 9.59 Å². The molecule has 0 spiro atoms. The molecule has 6 rings (SSSR count). The van der Waals surface area contributed by atoms with Crippen LogP contribution in [0.15, 0.2) is 88.8 Å². The van der Waals surface area contributed by atoms with Gasteiger partial charge >= 0.3 is 0 Å². The lowest BCUT2D eigenvalue weighted by molar-refractivity contribution is -0.134. The normalized spacial score (nSPS) is 18.5. The SMILES string of the molecule is CN1CCN(CC(=O)N2N=C(c3c(-c4ccccc4)c4cc(Cl)ccc4[nH]c3=O)C[C@H]2c2ccccc2)CC1. The van der Waals surface area contributed by atoms with Crippen molar-refractivity contribution in [2.75, 3.05) is 39.8 Å². The van der Waals surface area contributed by atoms with Crippen LogP contribution in [-0.2, 0) is 4.79 Å². The molecule has 0 aliphatic carbocycles. The van der Waals surface area contributed by atoms with Gasteiger partial charge in [0, 0.05) is 54.1 Å². The Kier molecular flexibility index (Phi) is 7.04. The largest absolute Gasteiger partial charge is 0.321 e.